The topological polar surface area (TPSA) is 68.1 Å². The van der Waals surface area contributed by atoms with Gasteiger partial charge in [0.05, 0.1) is 33.5 Å². The number of nitrogens with zero attached hydrogens (tertiary/aromatic N) is 4. The highest BCUT2D eigenvalue weighted by Crippen LogP contribution is 2.41. The Balaban J connectivity index is 1.42. The summed E-state index contributed by atoms with van der Waals surface area (Å²) in [5.41, 5.74) is 11.1. The van der Waals surface area contributed by atoms with E-state index in [1.807, 2.05) is 69.3 Å². The van der Waals surface area contributed by atoms with Crippen molar-refractivity contribution in [2.24, 2.45) is 0 Å². The molecule has 6 heteroatoms. The van der Waals surface area contributed by atoms with Crippen molar-refractivity contribution in [1.29, 1.82) is 0 Å². The van der Waals surface area contributed by atoms with Gasteiger partial charge >= 0.3 is 0 Å². The molecule has 0 N–H and O–H groups in total. The monoisotopic (exact) mass is 584 g/mol. The van der Waals surface area contributed by atoms with Gasteiger partial charge in [-0.15, -0.1) is 0 Å². The van der Waals surface area contributed by atoms with E-state index < -0.39 is 0 Å². The van der Waals surface area contributed by atoms with Crippen LogP contribution >= 0.6 is 0 Å². The zero-order valence-corrected chi connectivity index (χ0v) is 25.1. The summed E-state index contributed by atoms with van der Waals surface area (Å²) >= 11 is 0. The highest BCUT2D eigenvalue weighted by atomic mass is 16.2. The van der Waals surface area contributed by atoms with Crippen LogP contribution in [0.4, 0.5) is 5.69 Å². The van der Waals surface area contributed by atoms with E-state index in [1.54, 1.807) is 30.9 Å². The maximum absolute atomic E-state index is 14.4. The van der Waals surface area contributed by atoms with Gasteiger partial charge in [-0.25, -0.2) is 4.90 Å². The molecule has 216 valence electrons. The molecule has 1 aliphatic rings. The number of rotatable bonds is 4. The van der Waals surface area contributed by atoms with E-state index in [9.17, 15) is 9.59 Å². The summed E-state index contributed by atoms with van der Waals surface area (Å²) in [5, 5.41) is 2.11. The van der Waals surface area contributed by atoms with Gasteiger partial charge in [0.25, 0.3) is 11.8 Å². The number of pyridine rings is 2. The lowest BCUT2D eigenvalue weighted by Crippen LogP contribution is -2.31. The van der Waals surface area contributed by atoms with Crippen LogP contribution in [-0.2, 0) is 0 Å². The van der Waals surface area contributed by atoms with Gasteiger partial charge in [0, 0.05) is 35.6 Å². The van der Waals surface area contributed by atoms with Gasteiger partial charge in [-0.05, 0) is 103 Å². The van der Waals surface area contributed by atoms with Crippen molar-refractivity contribution in [3.05, 3.63) is 144 Å². The van der Waals surface area contributed by atoms with E-state index in [1.165, 1.54) is 4.90 Å². The van der Waals surface area contributed by atoms with Crippen LogP contribution in [0.1, 0.15) is 37.4 Å². The first kappa shape index (κ1) is 26.7. The number of hydrogen-bond donors (Lipinski definition) is 0. The van der Waals surface area contributed by atoms with Gasteiger partial charge in [0.2, 0.25) is 0 Å². The van der Waals surface area contributed by atoms with Crippen LogP contribution in [0.15, 0.2) is 116 Å². The van der Waals surface area contributed by atoms with Gasteiger partial charge in [-0.3, -0.25) is 19.6 Å². The third-order valence-corrected chi connectivity index (χ3v) is 8.79. The zero-order chi connectivity index (χ0) is 30.8. The summed E-state index contributed by atoms with van der Waals surface area (Å²) in [6, 6.07) is 30.4. The molecule has 8 rings (SSSR count). The average molecular weight is 585 g/mol. The number of amides is 2. The van der Waals surface area contributed by atoms with Crippen molar-refractivity contribution in [2.45, 2.75) is 20.8 Å². The van der Waals surface area contributed by atoms with Crippen LogP contribution in [0.5, 0.6) is 0 Å². The van der Waals surface area contributed by atoms with Crippen LogP contribution in [0, 0.1) is 20.8 Å². The molecule has 0 fully saturated rings. The minimum atomic E-state index is -0.314. The van der Waals surface area contributed by atoms with Crippen LogP contribution in [0.2, 0.25) is 0 Å². The Bertz CT molecular complexity index is 2220. The third-order valence-electron chi connectivity index (χ3n) is 8.79. The van der Waals surface area contributed by atoms with Gasteiger partial charge in [-0.2, -0.15) is 0 Å². The fourth-order valence-electron chi connectivity index (χ4n) is 6.91. The molecule has 0 bridgehead atoms. The normalized spacial score (nSPS) is 12.8. The Morgan fingerprint density at radius 1 is 0.556 bits per heavy atom. The van der Waals surface area contributed by atoms with Crippen molar-refractivity contribution >= 4 is 39.3 Å². The predicted octanol–water partition coefficient (Wildman–Crippen LogP) is 8.63. The van der Waals surface area contributed by atoms with Crippen molar-refractivity contribution in [1.82, 2.24) is 14.5 Å². The zero-order valence-electron chi connectivity index (χ0n) is 25.1. The second-order valence-corrected chi connectivity index (χ2v) is 11.7. The molecule has 0 atom stereocenters. The molecular formula is C39H28N4O2. The molecule has 2 amide bonds. The van der Waals surface area contributed by atoms with Crippen LogP contribution in [0.25, 0.3) is 49.7 Å². The second kappa shape index (κ2) is 10.1. The van der Waals surface area contributed by atoms with Gasteiger partial charge in [0.1, 0.15) is 0 Å². The van der Waals surface area contributed by atoms with E-state index in [4.69, 9.17) is 0 Å². The third kappa shape index (κ3) is 4.10. The van der Waals surface area contributed by atoms with Crippen molar-refractivity contribution < 1.29 is 9.59 Å². The standard InChI is InChI=1S/C39H28N4O2/c1-23-19-24(2)37(25(3)20-23)43-38(44)32-5-4-6-33(36(32)39(43)45)42-34-21-28(26-11-15-40-16-12-26)7-9-30(34)31-10-8-29(22-35(31)42)27-13-17-41-18-14-27/h4-22H,1-3H3. The van der Waals surface area contributed by atoms with Crippen molar-refractivity contribution in [3.63, 3.8) is 0 Å². The Hall–Kier alpha value is -5.88. The molecule has 0 aliphatic carbocycles. The van der Waals surface area contributed by atoms with Gasteiger partial charge in [0.15, 0.2) is 0 Å². The molecule has 45 heavy (non-hydrogen) atoms. The Kier molecular flexibility index (Phi) is 6.00. The number of carbonyl (C=O) groups excluding carboxylic acids is 2. The maximum Gasteiger partial charge on any atom is 0.268 e. The summed E-state index contributed by atoms with van der Waals surface area (Å²) in [6.45, 7) is 5.93. The fourth-order valence-corrected chi connectivity index (χ4v) is 6.91. The summed E-state index contributed by atoms with van der Waals surface area (Å²) in [4.78, 5) is 38.2. The van der Waals surface area contributed by atoms with E-state index in [0.29, 0.717) is 22.5 Å². The summed E-state index contributed by atoms with van der Waals surface area (Å²) in [5.74, 6) is -0.617. The highest BCUT2D eigenvalue weighted by molar-refractivity contribution is 6.36. The van der Waals surface area contributed by atoms with Crippen LogP contribution in [0.3, 0.4) is 0 Å². The van der Waals surface area contributed by atoms with Crippen molar-refractivity contribution in [3.8, 4) is 27.9 Å². The van der Waals surface area contributed by atoms with Crippen LogP contribution < -0.4 is 4.90 Å². The number of carbonyl (C=O) groups is 2. The second-order valence-electron chi connectivity index (χ2n) is 11.7. The molecule has 3 aromatic heterocycles. The minimum absolute atomic E-state index is 0.303. The number of fused-ring (bicyclic) bond motifs is 4. The Labute approximate surface area is 260 Å². The molecule has 0 saturated carbocycles. The fraction of sp³-hybridized carbons (Fsp3) is 0.0769. The summed E-state index contributed by atoms with van der Waals surface area (Å²) in [6.07, 6.45) is 7.14. The van der Waals surface area contributed by atoms with Gasteiger partial charge in [-0.1, -0.05) is 48.0 Å². The average Bonchev–Trinajstić information content (AvgIpc) is 3.51. The molecule has 4 aromatic carbocycles. The smallest absolute Gasteiger partial charge is 0.268 e. The summed E-state index contributed by atoms with van der Waals surface area (Å²) in [7, 11) is 0. The lowest BCUT2D eigenvalue weighted by molar-refractivity contribution is 0.0925. The molecule has 4 heterocycles. The van der Waals surface area contributed by atoms with E-state index in [2.05, 4.69) is 50.9 Å². The SMILES string of the molecule is Cc1cc(C)c(N2C(=O)c3cccc(-n4c5cc(-c6ccncc6)ccc5c5ccc(-c6ccncc6)cc54)c3C2=O)c(C)c1. The first-order valence-corrected chi connectivity index (χ1v) is 14.9. The molecule has 7 aromatic rings. The largest absolute Gasteiger partial charge is 0.308 e. The van der Waals surface area contributed by atoms with E-state index in [0.717, 1.165) is 60.8 Å². The first-order chi connectivity index (χ1) is 21.9. The quantitative estimate of drug-likeness (QED) is 0.194. The number of hydrogen-bond acceptors (Lipinski definition) is 4. The van der Waals surface area contributed by atoms with Gasteiger partial charge < -0.3 is 4.57 Å². The Morgan fingerprint density at radius 2 is 1.09 bits per heavy atom. The molecular weight excluding hydrogens is 556 g/mol. The van der Waals surface area contributed by atoms with E-state index in [-0.39, 0.29) is 11.8 Å². The minimum Gasteiger partial charge on any atom is -0.308 e. The van der Waals surface area contributed by atoms with Crippen molar-refractivity contribution in [2.75, 3.05) is 4.90 Å². The molecule has 0 saturated heterocycles. The molecule has 6 nitrogen and oxygen atoms in total. The number of aromatic nitrogens is 3. The highest BCUT2D eigenvalue weighted by Gasteiger charge is 2.40. The number of anilines is 1. The number of aryl methyl sites for hydroxylation is 3. The molecule has 1 aliphatic heterocycles. The van der Waals surface area contributed by atoms with E-state index >= 15 is 0 Å². The Morgan fingerprint density at radius 3 is 1.62 bits per heavy atom. The lowest BCUT2D eigenvalue weighted by Gasteiger charge is -2.20. The molecule has 0 radical (unpaired) electrons. The molecule has 0 spiro atoms. The van der Waals surface area contributed by atoms with Crippen LogP contribution in [-0.4, -0.2) is 26.3 Å². The lowest BCUT2D eigenvalue weighted by atomic mass is 10.0. The summed E-state index contributed by atoms with van der Waals surface area (Å²) < 4.78 is 2.14. The number of benzene rings is 4. The first-order valence-electron chi connectivity index (χ1n) is 14.9. The predicted molar refractivity (Wildman–Crippen MR) is 179 cm³/mol. The molecule has 0 unspecified atom stereocenters. The maximum atomic E-state index is 14.4. The number of imide groups is 1.